The smallest absolute Gasteiger partial charge is 0.339 e. The largest absolute Gasteiger partial charge is 0.508 e. The fourth-order valence-corrected chi connectivity index (χ4v) is 3.25. The minimum atomic E-state index is -1.17. The van der Waals surface area contributed by atoms with Gasteiger partial charge in [0.2, 0.25) is 0 Å². The zero-order chi connectivity index (χ0) is 21.0. The standard InChI is InChI=1S/C23H22O6/c24-18-10-16(3-1-14-5-7-19(23(28)29)21(26)12-14)9-17(11-18)4-2-15-6-8-20(25)22(27)13-15/h5-13,24-27H,1-4H2,(H,28,29). The Morgan fingerprint density at radius 1 is 0.586 bits per heavy atom. The number of carbonyl (C=O) groups is 1. The number of carboxylic acids is 1. The molecule has 3 aromatic rings. The van der Waals surface area contributed by atoms with Crippen molar-refractivity contribution in [2.24, 2.45) is 0 Å². The molecule has 0 bridgehead atoms. The number of benzene rings is 3. The Hall–Kier alpha value is -3.67. The molecular weight excluding hydrogens is 372 g/mol. The van der Waals surface area contributed by atoms with Crippen LogP contribution in [0.1, 0.15) is 32.6 Å². The van der Waals surface area contributed by atoms with Crippen LogP contribution in [0.5, 0.6) is 23.0 Å². The number of phenolic OH excluding ortho intramolecular Hbond substituents is 3. The molecule has 0 atom stereocenters. The zero-order valence-corrected chi connectivity index (χ0v) is 15.7. The molecule has 0 aliphatic carbocycles. The van der Waals surface area contributed by atoms with E-state index in [9.17, 15) is 25.2 Å². The Bertz CT molecular complexity index is 1040. The van der Waals surface area contributed by atoms with Gasteiger partial charge in [-0.3, -0.25) is 0 Å². The van der Waals surface area contributed by atoms with Crippen molar-refractivity contribution in [2.45, 2.75) is 25.7 Å². The van der Waals surface area contributed by atoms with Crippen molar-refractivity contribution in [1.29, 1.82) is 0 Å². The highest BCUT2D eigenvalue weighted by molar-refractivity contribution is 5.90. The van der Waals surface area contributed by atoms with E-state index in [-0.39, 0.29) is 28.6 Å². The van der Waals surface area contributed by atoms with Gasteiger partial charge in [-0.2, -0.15) is 0 Å². The quantitative estimate of drug-likeness (QED) is 0.389. The molecule has 0 amide bonds. The fourth-order valence-electron chi connectivity index (χ4n) is 3.25. The lowest BCUT2D eigenvalue weighted by atomic mass is 9.98. The van der Waals surface area contributed by atoms with E-state index in [2.05, 4.69) is 0 Å². The molecule has 0 aliphatic heterocycles. The lowest BCUT2D eigenvalue weighted by Gasteiger charge is -2.09. The third-order valence-electron chi connectivity index (χ3n) is 4.77. The van der Waals surface area contributed by atoms with Gasteiger partial charge >= 0.3 is 5.97 Å². The molecule has 0 radical (unpaired) electrons. The topological polar surface area (TPSA) is 118 Å². The van der Waals surface area contributed by atoms with Crippen molar-refractivity contribution in [3.8, 4) is 23.0 Å². The average Bonchev–Trinajstić information content (AvgIpc) is 2.67. The maximum Gasteiger partial charge on any atom is 0.339 e. The second kappa shape index (κ2) is 8.56. The van der Waals surface area contributed by atoms with Gasteiger partial charge in [-0.15, -0.1) is 0 Å². The van der Waals surface area contributed by atoms with E-state index in [1.165, 1.54) is 24.3 Å². The molecule has 0 saturated heterocycles. The highest BCUT2D eigenvalue weighted by atomic mass is 16.4. The van der Waals surface area contributed by atoms with Gasteiger partial charge in [-0.1, -0.05) is 18.2 Å². The number of aromatic hydroxyl groups is 4. The molecule has 0 fully saturated rings. The highest BCUT2D eigenvalue weighted by Crippen LogP contribution is 2.26. The first-order chi connectivity index (χ1) is 13.8. The molecule has 0 heterocycles. The van der Waals surface area contributed by atoms with Gasteiger partial charge in [-0.25, -0.2) is 4.79 Å². The molecule has 0 saturated carbocycles. The van der Waals surface area contributed by atoms with Gasteiger partial charge in [-0.05, 0) is 84.3 Å². The normalized spacial score (nSPS) is 10.8. The van der Waals surface area contributed by atoms with Crippen LogP contribution in [0.2, 0.25) is 0 Å². The Balaban J connectivity index is 1.66. The number of carboxylic acid groups (broad SMARTS) is 1. The van der Waals surface area contributed by atoms with Crippen LogP contribution in [-0.2, 0) is 25.7 Å². The van der Waals surface area contributed by atoms with Crippen molar-refractivity contribution in [2.75, 3.05) is 0 Å². The summed E-state index contributed by atoms with van der Waals surface area (Å²) >= 11 is 0. The van der Waals surface area contributed by atoms with Crippen LogP contribution in [-0.4, -0.2) is 31.5 Å². The minimum absolute atomic E-state index is 0.131. The molecule has 29 heavy (non-hydrogen) atoms. The summed E-state index contributed by atoms with van der Waals surface area (Å²) in [4.78, 5) is 11.0. The summed E-state index contributed by atoms with van der Waals surface area (Å²) in [6.45, 7) is 0. The first kappa shape index (κ1) is 20.1. The Kier molecular flexibility index (Phi) is 5.93. The Labute approximate surface area is 168 Å². The van der Waals surface area contributed by atoms with Crippen LogP contribution in [0.3, 0.4) is 0 Å². The van der Waals surface area contributed by atoms with Crippen molar-refractivity contribution in [1.82, 2.24) is 0 Å². The molecule has 5 N–H and O–H groups in total. The molecule has 6 nitrogen and oxygen atoms in total. The molecule has 6 heteroatoms. The van der Waals surface area contributed by atoms with Gasteiger partial charge < -0.3 is 25.5 Å². The molecule has 0 spiro atoms. The molecule has 150 valence electrons. The summed E-state index contributed by atoms with van der Waals surface area (Å²) in [6, 6.07) is 14.6. The van der Waals surface area contributed by atoms with Crippen LogP contribution in [0, 0.1) is 0 Å². The predicted molar refractivity (Wildman–Crippen MR) is 108 cm³/mol. The fraction of sp³-hybridized carbons (Fsp3) is 0.174. The molecule has 0 unspecified atom stereocenters. The molecule has 3 rings (SSSR count). The van der Waals surface area contributed by atoms with Crippen LogP contribution < -0.4 is 0 Å². The lowest BCUT2D eigenvalue weighted by molar-refractivity contribution is 0.0693. The third-order valence-corrected chi connectivity index (χ3v) is 4.77. The summed E-state index contributed by atoms with van der Waals surface area (Å²) in [5.74, 6) is -1.58. The maximum atomic E-state index is 11.0. The van der Waals surface area contributed by atoms with E-state index in [4.69, 9.17) is 5.11 Å². The van der Waals surface area contributed by atoms with Gasteiger partial charge in [0.15, 0.2) is 11.5 Å². The van der Waals surface area contributed by atoms with Crippen molar-refractivity contribution < 1.29 is 30.3 Å². The second-order valence-corrected chi connectivity index (χ2v) is 6.99. The highest BCUT2D eigenvalue weighted by Gasteiger charge is 2.10. The Morgan fingerprint density at radius 2 is 1.10 bits per heavy atom. The summed E-state index contributed by atoms with van der Waals surface area (Å²) in [7, 11) is 0. The zero-order valence-electron chi connectivity index (χ0n) is 15.7. The number of aromatic carboxylic acids is 1. The Morgan fingerprint density at radius 3 is 1.62 bits per heavy atom. The average molecular weight is 394 g/mol. The van der Waals surface area contributed by atoms with Crippen LogP contribution in [0.25, 0.3) is 0 Å². The minimum Gasteiger partial charge on any atom is -0.508 e. The number of phenols is 4. The van der Waals surface area contributed by atoms with Gasteiger partial charge in [0, 0.05) is 0 Å². The molecule has 0 aliphatic rings. The van der Waals surface area contributed by atoms with E-state index in [1.807, 2.05) is 6.07 Å². The van der Waals surface area contributed by atoms with Crippen molar-refractivity contribution >= 4 is 5.97 Å². The van der Waals surface area contributed by atoms with Crippen LogP contribution in [0.15, 0.2) is 54.6 Å². The summed E-state index contributed by atoms with van der Waals surface area (Å²) < 4.78 is 0. The molecule has 3 aromatic carbocycles. The summed E-state index contributed by atoms with van der Waals surface area (Å²) in [5, 5.41) is 47.8. The number of rotatable bonds is 7. The van der Waals surface area contributed by atoms with E-state index in [1.54, 1.807) is 24.3 Å². The molecular formula is C23H22O6. The first-order valence-corrected chi connectivity index (χ1v) is 9.19. The van der Waals surface area contributed by atoms with E-state index in [0.29, 0.717) is 25.7 Å². The SMILES string of the molecule is O=C(O)c1ccc(CCc2cc(O)cc(CCc3ccc(O)c(O)c3)c2)cc1O. The van der Waals surface area contributed by atoms with E-state index < -0.39 is 5.97 Å². The summed E-state index contributed by atoms with van der Waals surface area (Å²) in [5.41, 5.74) is 3.41. The third kappa shape index (κ3) is 5.19. The summed E-state index contributed by atoms with van der Waals surface area (Å²) in [6.07, 6.45) is 2.50. The van der Waals surface area contributed by atoms with Crippen LogP contribution >= 0.6 is 0 Å². The first-order valence-electron chi connectivity index (χ1n) is 9.19. The monoisotopic (exact) mass is 394 g/mol. The van der Waals surface area contributed by atoms with Crippen LogP contribution in [0.4, 0.5) is 0 Å². The molecule has 0 aromatic heterocycles. The number of aryl methyl sites for hydroxylation is 4. The number of hydrogen-bond acceptors (Lipinski definition) is 5. The van der Waals surface area contributed by atoms with Crippen molar-refractivity contribution in [3.63, 3.8) is 0 Å². The second-order valence-electron chi connectivity index (χ2n) is 6.99. The van der Waals surface area contributed by atoms with E-state index >= 15 is 0 Å². The van der Waals surface area contributed by atoms with Gasteiger partial charge in [0.1, 0.15) is 17.1 Å². The predicted octanol–water partition coefficient (Wildman–Crippen LogP) is 3.78. The van der Waals surface area contributed by atoms with E-state index in [0.717, 1.165) is 22.3 Å². The maximum absolute atomic E-state index is 11.0. The van der Waals surface area contributed by atoms with Gasteiger partial charge in [0.25, 0.3) is 0 Å². The van der Waals surface area contributed by atoms with Gasteiger partial charge in [0.05, 0.1) is 0 Å². The van der Waals surface area contributed by atoms with Crippen molar-refractivity contribution in [3.05, 3.63) is 82.4 Å². The lowest BCUT2D eigenvalue weighted by Crippen LogP contribution is -1.99. The number of hydrogen-bond donors (Lipinski definition) is 5.